The lowest BCUT2D eigenvalue weighted by Crippen LogP contribution is -2.39. The van der Waals surface area contributed by atoms with Crippen molar-refractivity contribution in [1.29, 1.82) is 0 Å². The van der Waals surface area contributed by atoms with Gasteiger partial charge >= 0.3 is 0 Å². The van der Waals surface area contributed by atoms with E-state index in [1.165, 1.54) is 0 Å². The fraction of sp³-hybridized carbons (Fsp3) is 0.667. The zero-order chi connectivity index (χ0) is 8.91. The monoisotopic (exact) mass is 176 g/mol. The van der Waals surface area contributed by atoms with Gasteiger partial charge in [-0.25, -0.2) is 8.42 Å². The van der Waals surface area contributed by atoms with E-state index in [2.05, 4.69) is 11.3 Å². The number of hydrogen-bond donors (Lipinski definition) is 2. The van der Waals surface area contributed by atoms with Gasteiger partial charge in [0.05, 0.1) is 5.75 Å². The summed E-state index contributed by atoms with van der Waals surface area (Å²) in [4.78, 5) is 0. The normalized spacial score (nSPS) is 13.9. The van der Waals surface area contributed by atoms with E-state index < -0.39 is 9.84 Å². The second-order valence-corrected chi connectivity index (χ2v) is 4.55. The van der Waals surface area contributed by atoms with E-state index in [0.717, 1.165) is 6.26 Å². The van der Waals surface area contributed by atoms with E-state index in [9.17, 15) is 8.42 Å². The van der Waals surface area contributed by atoms with Gasteiger partial charge in [0.1, 0.15) is 9.84 Å². The fourth-order valence-corrected chi connectivity index (χ4v) is 1.62. The van der Waals surface area contributed by atoms with Crippen LogP contribution in [0.1, 0.15) is 6.42 Å². The Hall–Kier alpha value is -0.570. The number of rotatable bonds is 4. The van der Waals surface area contributed by atoms with Crippen LogP contribution in [0.4, 0.5) is 0 Å². The van der Waals surface area contributed by atoms with Crippen molar-refractivity contribution in [2.75, 3.05) is 12.0 Å². The van der Waals surface area contributed by atoms with Gasteiger partial charge in [0.25, 0.3) is 0 Å². The minimum atomic E-state index is -3.00. The highest BCUT2D eigenvalue weighted by atomic mass is 32.2. The molecule has 0 aromatic heterocycles. The summed E-state index contributed by atoms with van der Waals surface area (Å²) in [6, 6.07) is -0.338. The molecule has 64 valence electrons. The zero-order valence-corrected chi connectivity index (χ0v) is 7.19. The number of hydrazine groups is 1. The third-order valence-electron chi connectivity index (χ3n) is 1.10. The Balaban J connectivity index is 4.01. The lowest BCUT2D eigenvalue weighted by atomic mass is 10.3. The van der Waals surface area contributed by atoms with Gasteiger partial charge in [-0.15, -0.1) is 12.3 Å². The van der Waals surface area contributed by atoms with Crippen molar-refractivity contribution >= 4 is 9.84 Å². The molecule has 0 amide bonds. The molecule has 0 aliphatic heterocycles. The van der Waals surface area contributed by atoms with Gasteiger partial charge < -0.3 is 0 Å². The summed E-state index contributed by atoms with van der Waals surface area (Å²) in [5.41, 5.74) is 2.34. The van der Waals surface area contributed by atoms with E-state index in [0.29, 0.717) is 6.42 Å². The maximum atomic E-state index is 10.7. The SMILES string of the molecule is C#CCC(CS(C)(=O)=O)NN. The van der Waals surface area contributed by atoms with Gasteiger partial charge in [-0.2, -0.15) is 0 Å². The fourth-order valence-electron chi connectivity index (χ4n) is 0.674. The molecule has 5 heteroatoms. The van der Waals surface area contributed by atoms with Crippen LogP contribution in [-0.4, -0.2) is 26.5 Å². The van der Waals surface area contributed by atoms with Gasteiger partial charge in [-0.05, 0) is 0 Å². The molecule has 4 nitrogen and oxygen atoms in total. The van der Waals surface area contributed by atoms with Crippen LogP contribution < -0.4 is 11.3 Å². The van der Waals surface area contributed by atoms with Crippen LogP contribution in [0.5, 0.6) is 0 Å². The van der Waals surface area contributed by atoms with Crippen LogP contribution in [0, 0.1) is 12.3 Å². The first kappa shape index (κ1) is 10.4. The minimum absolute atomic E-state index is 0.0201. The average molecular weight is 176 g/mol. The maximum absolute atomic E-state index is 10.7. The molecular weight excluding hydrogens is 164 g/mol. The Labute approximate surface area is 67.0 Å². The summed E-state index contributed by atoms with van der Waals surface area (Å²) in [7, 11) is -3.00. The number of nitrogens with two attached hydrogens (primary N) is 1. The molecule has 0 saturated heterocycles. The minimum Gasteiger partial charge on any atom is -0.271 e. The number of nitrogens with one attached hydrogen (secondary N) is 1. The lowest BCUT2D eigenvalue weighted by Gasteiger charge is -2.10. The van der Waals surface area contributed by atoms with Gasteiger partial charge in [-0.1, -0.05) is 0 Å². The molecule has 3 N–H and O–H groups in total. The van der Waals surface area contributed by atoms with Crippen LogP contribution in [-0.2, 0) is 9.84 Å². The number of sulfone groups is 1. The Morgan fingerprint density at radius 3 is 2.55 bits per heavy atom. The van der Waals surface area contributed by atoms with E-state index in [1.807, 2.05) is 0 Å². The summed E-state index contributed by atoms with van der Waals surface area (Å²) < 4.78 is 21.4. The van der Waals surface area contributed by atoms with Crippen LogP contribution in [0.2, 0.25) is 0 Å². The van der Waals surface area contributed by atoms with Crippen molar-refractivity contribution in [3.63, 3.8) is 0 Å². The second kappa shape index (κ2) is 4.34. The molecule has 0 aromatic carbocycles. The largest absolute Gasteiger partial charge is 0.271 e. The third kappa shape index (κ3) is 5.85. The molecular formula is C6H12N2O2S. The predicted molar refractivity (Wildman–Crippen MR) is 44.3 cm³/mol. The summed E-state index contributed by atoms with van der Waals surface area (Å²) in [5, 5.41) is 0. The summed E-state index contributed by atoms with van der Waals surface area (Å²) >= 11 is 0. The molecule has 0 fully saturated rings. The van der Waals surface area contributed by atoms with E-state index in [1.54, 1.807) is 0 Å². The Bertz CT molecular complexity index is 240. The lowest BCUT2D eigenvalue weighted by molar-refractivity contribution is 0.555. The van der Waals surface area contributed by atoms with Crippen LogP contribution in [0.25, 0.3) is 0 Å². The molecule has 0 saturated carbocycles. The van der Waals surface area contributed by atoms with Crippen molar-refractivity contribution in [2.45, 2.75) is 12.5 Å². The predicted octanol–water partition coefficient (Wildman–Crippen LogP) is -1.11. The molecule has 0 aliphatic carbocycles. The highest BCUT2D eigenvalue weighted by Crippen LogP contribution is 1.93. The number of terminal acetylenes is 1. The molecule has 11 heavy (non-hydrogen) atoms. The van der Waals surface area contributed by atoms with Crippen molar-refractivity contribution in [2.24, 2.45) is 5.84 Å². The molecule has 0 spiro atoms. The molecule has 1 atom stereocenters. The quantitative estimate of drug-likeness (QED) is 0.323. The summed E-state index contributed by atoms with van der Waals surface area (Å²) in [6.45, 7) is 0. The van der Waals surface area contributed by atoms with Gasteiger partial charge in [0.15, 0.2) is 0 Å². The smallest absolute Gasteiger partial charge is 0.149 e. The van der Waals surface area contributed by atoms with E-state index in [-0.39, 0.29) is 11.8 Å². The van der Waals surface area contributed by atoms with Crippen LogP contribution in [0.3, 0.4) is 0 Å². The maximum Gasteiger partial charge on any atom is 0.149 e. The summed E-state index contributed by atoms with van der Waals surface area (Å²) in [6.07, 6.45) is 6.45. The topological polar surface area (TPSA) is 72.2 Å². The first-order chi connectivity index (χ1) is 4.99. The molecule has 0 rings (SSSR count). The van der Waals surface area contributed by atoms with E-state index >= 15 is 0 Å². The molecule has 0 heterocycles. The van der Waals surface area contributed by atoms with Crippen molar-refractivity contribution in [3.05, 3.63) is 0 Å². The van der Waals surface area contributed by atoms with Crippen molar-refractivity contribution in [1.82, 2.24) is 5.43 Å². The van der Waals surface area contributed by atoms with Crippen molar-refractivity contribution in [3.8, 4) is 12.3 Å². The van der Waals surface area contributed by atoms with Gasteiger partial charge in [-0.3, -0.25) is 11.3 Å². The second-order valence-electron chi connectivity index (χ2n) is 2.36. The highest BCUT2D eigenvalue weighted by Gasteiger charge is 2.11. The Morgan fingerprint density at radius 2 is 2.27 bits per heavy atom. The highest BCUT2D eigenvalue weighted by molar-refractivity contribution is 7.90. The third-order valence-corrected chi connectivity index (χ3v) is 2.11. The number of hydrogen-bond acceptors (Lipinski definition) is 4. The Morgan fingerprint density at radius 1 is 1.73 bits per heavy atom. The van der Waals surface area contributed by atoms with Crippen LogP contribution >= 0.6 is 0 Å². The first-order valence-electron chi connectivity index (χ1n) is 3.07. The summed E-state index contributed by atoms with van der Waals surface area (Å²) in [5.74, 6) is 7.37. The van der Waals surface area contributed by atoms with Gasteiger partial charge in [0, 0.05) is 18.7 Å². The van der Waals surface area contributed by atoms with Crippen molar-refractivity contribution < 1.29 is 8.42 Å². The van der Waals surface area contributed by atoms with E-state index in [4.69, 9.17) is 12.3 Å². The molecule has 0 radical (unpaired) electrons. The average Bonchev–Trinajstić information content (AvgIpc) is 1.84. The zero-order valence-electron chi connectivity index (χ0n) is 6.37. The standard InChI is InChI=1S/C6H12N2O2S/c1-3-4-6(8-7)5-11(2,9)10/h1,6,8H,4-5,7H2,2H3. The molecule has 1 unspecified atom stereocenters. The van der Waals surface area contributed by atoms with Gasteiger partial charge in [0.2, 0.25) is 0 Å². The molecule has 0 bridgehead atoms. The Kier molecular flexibility index (Phi) is 4.11. The molecule has 0 aliphatic rings. The van der Waals surface area contributed by atoms with Crippen LogP contribution in [0.15, 0.2) is 0 Å². The molecule has 0 aromatic rings. The first-order valence-corrected chi connectivity index (χ1v) is 5.13.